The highest BCUT2D eigenvalue weighted by atomic mass is 32.1. The first-order valence-electron chi connectivity index (χ1n) is 6.71. The third-order valence-electron chi connectivity index (χ3n) is 1.48. The van der Waals surface area contributed by atoms with E-state index in [0.29, 0.717) is 17.3 Å². The Labute approximate surface area is 148 Å². The number of hydrogen-bond donors (Lipinski definition) is 6. The van der Waals surface area contributed by atoms with Crippen LogP contribution in [0.3, 0.4) is 0 Å². The van der Waals surface area contributed by atoms with Crippen LogP contribution in [0.15, 0.2) is 0 Å². The highest BCUT2D eigenvalue weighted by molar-refractivity contribution is 7.80. The van der Waals surface area contributed by atoms with Crippen LogP contribution in [0.4, 0.5) is 0 Å². The second-order valence-corrected chi connectivity index (χ2v) is 4.94. The minimum Gasteiger partial charge on any atom is -0.481 e. The minimum absolute atomic E-state index is 0.156. The zero-order chi connectivity index (χ0) is 18.4. The molecule has 0 unspecified atom stereocenters. The smallest absolute Gasteiger partial charge is 0.304 e. The molecule has 0 aromatic rings. The SMILES string of the molecule is CCCC.O=C(O)CCS.O=C(O)CCS.O=C(O)CCS. The van der Waals surface area contributed by atoms with E-state index in [4.69, 9.17) is 15.3 Å². The van der Waals surface area contributed by atoms with Gasteiger partial charge < -0.3 is 15.3 Å². The number of carbonyl (C=O) groups is 3. The summed E-state index contributed by atoms with van der Waals surface area (Å²) < 4.78 is 0. The summed E-state index contributed by atoms with van der Waals surface area (Å²) in [6, 6.07) is 0. The number of rotatable bonds is 7. The molecule has 0 amide bonds. The van der Waals surface area contributed by atoms with Gasteiger partial charge >= 0.3 is 17.9 Å². The molecule has 0 aromatic heterocycles. The Morgan fingerprint density at radius 2 is 0.818 bits per heavy atom. The van der Waals surface area contributed by atoms with Crippen LogP contribution >= 0.6 is 37.9 Å². The van der Waals surface area contributed by atoms with Crippen LogP contribution in [-0.2, 0) is 14.4 Å². The van der Waals surface area contributed by atoms with Gasteiger partial charge in [-0.1, -0.05) is 26.7 Å². The van der Waals surface area contributed by atoms with Gasteiger partial charge in [-0.3, -0.25) is 14.4 Å². The Hall–Kier alpha value is -0.540. The Morgan fingerprint density at radius 1 is 0.636 bits per heavy atom. The van der Waals surface area contributed by atoms with Crippen molar-refractivity contribution in [1.29, 1.82) is 0 Å². The van der Waals surface area contributed by atoms with Crippen molar-refractivity contribution in [3.8, 4) is 0 Å². The summed E-state index contributed by atoms with van der Waals surface area (Å²) in [6.07, 6.45) is 3.11. The van der Waals surface area contributed by atoms with Gasteiger partial charge in [-0.25, -0.2) is 0 Å². The number of carboxylic acids is 3. The number of unbranched alkanes of at least 4 members (excludes halogenated alkanes) is 1. The van der Waals surface area contributed by atoms with Gasteiger partial charge in [0.15, 0.2) is 0 Å². The van der Waals surface area contributed by atoms with Gasteiger partial charge in [0.05, 0.1) is 19.3 Å². The molecule has 0 rings (SSSR count). The minimum atomic E-state index is -0.787. The van der Waals surface area contributed by atoms with Crippen molar-refractivity contribution in [3.05, 3.63) is 0 Å². The molecule has 0 aliphatic carbocycles. The third kappa shape index (κ3) is 74.1. The van der Waals surface area contributed by atoms with E-state index in [9.17, 15) is 14.4 Å². The molecule has 6 nitrogen and oxygen atoms in total. The summed E-state index contributed by atoms with van der Waals surface area (Å²) in [5, 5.41) is 23.6. The van der Waals surface area contributed by atoms with Crippen LogP contribution in [0.25, 0.3) is 0 Å². The molecule has 3 N–H and O–H groups in total. The molecule has 0 atom stereocenters. The van der Waals surface area contributed by atoms with Crippen molar-refractivity contribution in [2.75, 3.05) is 17.3 Å². The van der Waals surface area contributed by atoms with Gasteiger partial charge in [-0.2, -0.15) is 37.9 Å². The van der Waals surface area contributed by atoms with E-state index < -0.39 is 17.9 Å². The van der Waals surface area contributed by atoms with E-state index in [2.05, 4.69) is 51.7 Å². The summed E-state index contributed by atoms with van der Waals surface area (Å²) in [5.41, 5.74) is 0. The van der Waals surface area contributed by atoms with Crippen molar-refractivity contribution >= 4 is 55.8 Å². The van der Waals surface area contributed by atoms with Crippen LogP contribution in [0.2, 0.25) is 0 Å². The van der Waals surface area contributed by atoms with Crippen molar-refractivity contribution in [1.82, 2.24) is 0 Å². The monoisotopic (exact) mass is 376 g/mol. The normalized spacial score (nSPS) is 8.05. The largest absolute Gasteiger partial charge is 0.481 e. The van der Waals surface area contributed by atoms with Gasteiger partial charge in [0.1, 0.15) is 0 Å². The molecule has 0 aliphatic rings. The first-order chi connectivity index (χ1) is 10.2. The average molecular weight is 377 g/mol. The highest BCUT2D eigenvalue weighted by Crippen LogP contribution is 1.80. The third-order valence-corrected chi connectivity index (χ3v) is 2.15. The molecule has 0 bridgehead atoms. The average Bonchev–Trinajstić information content (AvgIpc) is 2.40. The van der Waals surface area contributed by atoms with E-state index >= 15 is 0 Å². The second-order valence-electron chi connectivity index (χ2n) is 3.60. The fourth-order valence-electron chi connectivity index (χ4n) is 0.287. The molecule has 0 aliphatic heterocycles. The maximum atomic E-state index is 9.55. The topological polar surface area (TPSA) is 112 Å². The predicted octanol–water partition coefficient (Wildman–Crippen LogP) is 2.98. The molecule has 0 radical (unpaired) electrons. The lowest BCUT2D eigenvalue weighted by Crippen LogP contribution is -1.93. The van der Waals surface area contributed by atoms with Crippen molar-refractivity contribution in [2.45, 2.75) is 46.0 Å². The molecule has 0 heterocycles. The summed E-state index contributed by atoms with van der Waals surface area (Å²) in [5.74, 6) is -1.08. The van der Waals surface area contributed by atoms with E-state index in [1.54, 1.807) is 0 Å². The lowest BCUT2D eigenvalue weighted by atomic mass is 10.4. The van der Waals surface area contributed by atoms with Crippen molar-refractivity contribution in [3.63, 3.8) is 0 Å². The van der Waals surface area contributed by atoms with Gasteiger partial charge in [0.25, 0.3) is 0 Å². The quantitative estimate of drug-likeness (QED) is 0.381. The fourth-order valence-corrected chi connectivity index (χ4v) is 0.861. The van der Waals surface area contributed by atoms with E-state index in [-0.39, 0.29) is 19.3 Å². The molecule has 0 aromatic carbocycles. The van der Waals surface area contributed by atoms with Crippen LogP contribution in [0.5, 0.6) is 0 Å². The molecule has 22 heavy (non-hydrogen) atoms. The Kier molecular flexibility index (Phi) is 38.3. The summed E-state index contributed by atoms with van der Waals surface area (Å²) in [6.45, 7) is 4.36. The van der Waals surface area contributed by atoms with Crippen LogP contribution < -0.4 is 0 Å². The number of aliphatic carboxylic acids is 3. The molecular weight excluding hydrogens is 348 g/mol. The molecule has 134 valence electrons. The number of hydrogen-bond acceptors (Lipinski definition) is 6. The molecule has 0 saturated heterocycles. The van der Waals surface area contributed by atoms with E-state index in [0.717, 1.165) is 0 Å². The Balaban J connectivity index is -0.0000000994. The van der Waals surface area contributed by atoms with Gasteiger partial charge in [-0.15, -0.1) is 0 Å². The maximum Gasteiger partial charge on any atom is 0.304 e. The molecule has 9 heteroatoms. The van der Waals surface area contributed by atoms with E-state index in [1.807, 2.05) is 0 Å². The summed E-state index contributed by atoms with van der Waals surface area (Å²) in [4.78, 5) is 28.7. The molecular formula is C13H28O6S3. The lowest BCUT2D eigenvalue weighted by molar-refractivity contribution is -0.137. The van der Waals surface area contributed by atoms with E-state index in [1.165, 1.54) is 12.8 Å². The molecule has 0 fully saturated rings. The summed E-state index contributed by atoms with van der Waals surface area (Å²) >= 11 is 11.0. The second kappa shape index (κ2) is 28.6. The van der Waals surface area contributed by atoms with Gasteiger partial charge in [0, 0.05) is 17.3 Å². The maximum absolute atomic E-state index is 9.55. The van der Waals surface area contributed by atoms with Gasteiger partial charge in [0.2, 0.25) is 0 Å². The molecule has 0 spiro atoms. The fraction of sp³-hybridized carbons (Fsp3) is 0.769. The van der Waals surface area contributed by atoms with Gasteiger partial charge in [-0.05, 0) is 0 Å². The van der Waals surface area contributed by atoms with Crippen molar-refractivity contribution in [2.24, 2.45) is 0 Å². The zero-order valence-electron chi connectivity index (χ0n) is 13.1. The van der Waals surface area contributed by atoms with Crippen molar-refractivity contribution < 1.29 is 29.7 Å². The predicted molar refractivity (Wildman–Crippen MR) is 98.9 cm³/mol. The van der Waals surface area contributed by atoms with Crippen LogP contribution in [-0.4, -0.2) is 50.5 Å². The number of thiol groups is 3. The molecule has 0 saturated carbocycles. The zero-order valence-corrected chi connectivity index (χ0v) is 15.7. The Morgan fingerprint density at radius 3 is 0.818 bits per heavy atom. The van der Waals surface area contributed by atoms with Crippen LogP contribution in [0, 0.1) is 0 Å². The standard InChI is InChI=1S/C4H10.3C3H6O2S/c1-3-4-2;3*4-3(5)1-2-6/h3-4H2,1-2H3;3*6H,1-2H2,(H,4,5). The highest BCUT2D eigenvalue weighted by Gasteiger charge is 1.89. The first kappa shape index (κ1) is 29.5. The van der Waals surface area contributed by atoms with Crippen LogP contribution in [0.1, 0.15) is 46.0 Å². The Bertz CT molecular complexity index is 222. The number of carboxylic acid groups (broad SMARTS) is 3. The summed E-state index contributed by atoms with van der Waals surface area (Å²) in [7, 11) is 0. The lowest BCUT2D eigenvalue weighted by Gasteiger charge is -1.79. The first-order valence-corrected chi connectivity index (χ1v) is 8.60.